The topological polar surface area (TPSA) is 63.4 Å². The van der Waals surface area contributed by atoms with E-state index in [0.717, 1.165) is 13.1 Å². The zero-order chi connectivity index (χ0) is 12.2. The number of sulfonamides is 1. The number of nitrogens with zero attached hydrogens (tertiary/aromatic N) is 1. The van der Waals surface area contributed by atoms with Crippen LogP contribution in [0.5, 0.6) is 0 Å². The second-order valence-corrected chi connectivity index (χ2v) is 6.90. The summed E-state index contributed by atoms with van der Waals surface area (Å²) in [5.74, 6) is 0.817. The first-order chi connectivity index (χ1) is 7.38. The molecule has 4 nitrogen and oxygen atoms in total. The first-order valence-corrected chi connectivity index (χ1v) is 7.84. The molecule has 96 valence electrons. The molecule has 5 heteroatoms. The van der Waals surface area contributed by atoms with E-state index in [4.69, 9.17) is 5.14 Å². The number of primary sulfonamides is 1. The van der Waals surface area contributed by atoms with Crippen LogP contribution in [-0.2, 0) is 10.0 Å². The fraction of sp³-hybridized carbons (Fsp3) is 1.00. The summed E-state index contributed by atoms with van der Waals surface area (Å²) in [5, 5.41) is 4.99. The molecule has 0 atom stereocenters. The van der Waals surface area contributed by atoms with Gasteiger partial charge in [0.25, 0.3) is 0 Å². The Balaban J connectivity index is 2.23. The van der Waals surface area contributed by atoms with E-state index >= 15 is 0 Å². The molecular weight excluding hydrogens is 224 g/mol. The molecule has 0 aromatic rings. The minimum atomic E-state index is -3.28. The van der Waals surface area contributed by atoms with Gasteiger partial charge in [0.05, 0.1) is 5.75 Å². The Labute approximate surface area is 99.2 Å². The fourth-order valence-electron chi connectivity index (χ4n) is 1.81. The largest absolute Gasteiger partial charge is 0.300 e. The predicted octanol–water partition coefficient (Wildman–Crippen LogP) is 1.18. The summed E-state index contributed by atoms with van der Waals surface area (Å²) in [5.41, 5.74) is 0. The monoisotopic (exact) mass is 248 g/mol. The average Bonchev–Trinajstić information content (AvgIpc) is 2.91. The quantitative estimate of drug-likeness (QED) is 0.701. The molecule has 0 unspecified atom stereocenters. The molecule has 1 rings (SSSR count). The third-order valence-electron chi connectivity index (χ3n) is 2.93. The van der Waals surface area contributed by atoms with E-state index in [1.807, 2.05) is 0 Å². The van der Waals surface area contributed by atoms with Crippen LogP contribution >= 0.6 is 0 Å². The standard InChI is InChI=1S/C11H24N2O2S/c1-10(2)6-8-13(11-4-5-11)7-3-9-16(12,14)15/h10-11H,3-9H2,1-2H3,(H2,12,14,15). The molecule has 0 amide bonds. The van der Waals surface area contributed by atoms with E-state index in [-0.39, 0.29) is 5.75 Å². The van der Waals surface area contributed by atoms with Gasteiger partial charge in [0.1, 0.15) is 0 Å². The maximum Gasteiger partial charge on any atom is 0.209 e. The van der Waals surface area contributed by atoms with Gasteiger partial charge in [0.15, 0.2) is 0 Å². The van der Waals surface area contributed by atoms with E-state index in [1.54, 1.807) is 0 Å². The summed E-state index contributed by atoms with van der Waals surface area (Å²) in [4.78, 5) is 2.42. The number of rotatable bonds is 8. The summed E-state index contributed by atoms with van der Waals surface area (Å²) in [6.07, 6.45) is 4.39. The van der Waals surface area contributed by atoms with E-state index < -0.39 is 10.0 Å². The summed E-state index contributed by atoms with van der Waals surface area (Å²) in [7, 11) is -3.28. The zero-order valence-corrected chi connectivity index (χ0v) is 11.2. The normalized spacial score (nSPS) is 17.3. The van der Waals surface area contributed by atoms with Gasteiger partial charge in [-0.3, -0.25) is 0 Å². The molecule has 0 aliphatic heterocycles. The lowest BCUT2D eigenvalue weighted by Crippen LogP contribution is -2.31. The highest BCUT2D eigenvalue weighted by molar-refractivity contribution is 7.89. The first-order valence-electron chi connectivity index (χ1n) is 6.13. The maximum atomic E-state index is 10.8. The molecule has 0 saturated heterocycles. The smallest absolute Gasteiger partial charge is 0.209 e. The molecule has 2 N–H and O–H groups in total. The van der Waals surface area contributed by atoms with Gasteiger partial charge in [-0.2, -0.15) is 0 Å². The summed E-state index contributed by atoms with van der Waals surface area (Å²) in [6.45, 7) is 6.39. The van der Waals surface area contributed by atoms with Crippen molar-refractivity contribution >= 4 is 10.0 Å². The lowest BCUT2D eigenvalue weighted by Gasteiger charge is -2.22. The Bertz CT molecular complexity index is 297. The van der Waals surface area contributed by atoms with Gasteiger partial charge >= 0.3 is 0 Å². The van der Waals surface area contributed by atoms with Crippen LogP contribution in [0.4, 0.5) is 0 Å². The molecule has 16 heavy (non-hydrogen) atoms. The van der Waals surface area contributed by atoms with Crippen LogP contribution in [-0.4, -0.2) is 38.2 Å². The number of nitrogens with two attached hydrogens (primary N) is 1. The SMILES string of the molecule is CC(C)CCN(CCCS(N)(=O)=O)C1CC1. The highest BCUT2D eigenvalue weighted by atomic mass is 32.2. The van der Waals surface area contributed by atoms with Gasteiger partial charge in [-0.05, 0) is 44.7 Å². The van der Waals surface area contributed by atoms with Gasteiger partial charge in [0, 0.05) is 6.04 Å². The molecule has 0 spiro atoms. The Morgan fingerprint density at radius 1 is 1.31 bits per heavy atom. The first kappa shape index (κ1) is 13.9. The van der Waals surface area contributed by atoms with Crippen molar-refractivity contribution in [3.05, 3.63) is 0 Å². The van der Waals surface area contributed by atoms with Crippen molar-refractivity contribution in [3.8, 4) is 0 Å². The molecule has 0 aromatic carbocycles. The minimum Gasteiger partial charge on any atom is -0.300 e. The minimum absolute atomic E-state index is 0.109. The Hall–Kier alpha value is -0.130. The predicted molar refractivity (Wildman–Crippen MR) is 66.6 cm³/mol. The maximum absolute atomic E-state index is 10.8. The van der Waals surface area contributed by atoms with Crippen molar-refractivity contribution in [1.82, 2.24) is 4.90 Å². The molecule has 1 saturated carbocycles. The van der Waals surface area contributed by atoms with Gasteiger partial charge in [0.2, 0.25) is 10.0 Å². The van der Waals surface area contributed by atoms with E-state index in [1.165, 1.54) is 19.3 Å². The summed E-state index contributed by atoms with van der Waals surface area (Å²) < 4.78 is 21.6. The van der Waals surface area contributed by atoms with Crippen LogP contribution in [0.3, 0.4) is 0 Å². The van der Waals surface area contributed by atoms with Crippen molar-refractivity contribution in [2.75, 3.05) is 18.8 Å². The van der Waals surface area contributed by atoms with Crippen molar-refractivity contribution in [2.45, 2.75) is 45.6 Å². The van der Waals surface area contributed by atoms with Crippen molar-refractivity contribution in [3.63, 3.8) is 0 Å². The van der Waals surface area contributed by atoms with Crippen molar-refractivity contribution < 1.29 is 8.42 Å². The van der Waals surface area contributed by atoms with Crippen LogP contribution in [0.2, 0.25) is 0 Å². The van der Waals surface area contributed by atoms with Gasteiger partial charge in [-0.15, -0.1) is 0 Å². The van der Waals surface area contributed by atoms with E-state index in [2.05, 4.69) is 18.7 Å². The van der Waals surface area contributed by atoms with Crippen molar-refractivity contribution in [1.29, 1.82) is 0 Å². The molecule has 0 radical (unpaired) electrons. The second-order valence-electron chi connectivity index (χ2n) is 5.17. The molecule has 1 fully saturated rings. The van der Waals surface area contributed by atoms with Crippen LogP contribution in [0.15, 0.2) is 0 Å². The molecule has 0 heterocycles. The lowest BCUT2D eigenvalue weighted by molar-refractivity contribution is 0.248. The van der Waals surface area contributed by atoms with Gasteiger partial charge < -0.3 is 4.90 Å². The zero-order valence-electron chi connectivity index (χ0n) is 10.4. The summed E-state index contributed by atoms with van der Waals surface area (Å²) in [6, 6.07) is 0.708. The Morgan fingerprint density at radius 3 is 2.38 bits per heavy atom. The average molecular weight is 248 g/mol. The third-order valence-corrected chi connectivity index (χ3v) is 3.79. The molecular formula is C11H24N2O2S. The Kier molecular flexibility index (Phi) is 5.21. The van der Waals surface area contributed by atoms with Crippen LogP contribution < -0.4 is 5.14 Å². The van der Waals surface area contributed by atoms with Gasteiger partial charge in [-0.1, -0.05) is 13.8 Å². The number of hydrogen-bond donors (Lipinski definition) is 1. The lowest BCUT2D eigenvalue weighted by atomic mass is 10.1. The van der Waals surface area contributed by atoms with Crippen LogP contribution in [0.1, 0.15) is 39.5 Å². The number of hydrogen-bond acceptors (Lipinski definition) is 3. The van der Waals surface area contributed by atoms with Crippen LogP contribution in [0, 0.1) is 5.92 Å². The van der Waals surface area contributed by atoms with E-state index in [9.17, 15) is 8.42 Å². The highest BCUT2D eigenvalue weighted by Crippen LogP contribution is 2.27. The Morgan fingerprint density at radius 2 is 1.94 bits per heavy atom. The van der Waals surface area contributed by atoms with Gasteiger partial charge in [-0.25, -0.2) is 13.6 Å². The third kappa shape index (κ3) is 6.45. The van der Waals surface area contributed by atoms with Crippen LogP contribution in [0.25, 0.3) is 0 Å². The molecule has 0 bridgehead atoms. The molecule has 1 aliphatic carbocycles. The highest BCUT2D eigenvalue weighted by Gasteiger charge is 2.28. The van der Waals surface area contributed by atoms with Crippen molar-refractivity contribution in [2.24, 2.45) is 11.1 Å². The second kappa shape index (κ2) is 5.98. The molecule has 1 aliphatic rings. The summed E-state index contributed by atoms with van der Waals surface area (Å²) >= 11 is 0. The fourth-order valence-corrected chi connectivity index (χ4v) is 2.34. The molecule has 0 aromatic heterocycles. The van der Waals surface area contributed by atoms with E-state index in [0.29, 0.717) is 18.4 Å².